The molecule has 0 saturated heterocycles. The van der Waals surface area contributed by atoms with Crippen LogP contribution in [0.1, 0.15) is 33.7 Å². The van der Waals surface area contributed by atoms with Crippen molar-refractivity contribution < 1.29 is 4.79 Å². The van der Waals surface area contributed by atoms with Gasteiger partial charge in [0.2, 0.25) is 0 Å². The molecule has 3 aromatic carbocycles. The van der Waals surface area contributed by atoms with Gasteiger partial charge in [-0.1, -0.05) is 66.7 Å². The number of hydrogen-bond donors (Lipinski definition) is 2. The summed E-state index contributed by atoms with van der Waals surface area (Å²) in [7, 11) is 0. The highest BCUT2D eigenvalue weighted by atomic mass is 16.1. The average Bonchev–Trinajstić information content (AvgIpc) is 3.19. The van der Waals surface area contributed by atoms with Gasteiger partial charge in [-0.25, -0.2) is 4.98 Å². The third-order valence-electron chi connectivity index (χ3n) is 5.08. The SMILES string of the molecule is O=C(CCc1ccccc1)c1ccc(CCNCc2nc3ccccc3[nH]2)cc1. The molecule has 29 heavy (non-hydrogen) atoms. The van der Waals surface area contributed by atoms with Gasteiger partial charge in [-0.3, -0.25) is 4.79 Å². The van der Waals surface area contributed by atoms with Gasteiger partial charge in [0.15, 0.2) is 5.78 Å². The van der Waals surface area contributed by atoms with Gasteiger partial charge in [-0.05, 0) is 42.6 Å². The molecule has 0 unspecified atom stereocenters. The zero-order valence-electron chi connectivity index (χ0n) is 16.4. The second-order valence-electron chi connectivity index (χ2n) is 7.23. The highest BCUT2D eigenvalue weighted by molar-refractivity contribution is 5.96. The summed E-state index contributed by atoms with van der Waals surface area (Å²) in [6, 6.07) is 26.2. The maximum absolute atomic E-state index is 12.4. The minimum Gasteiger partial charge on any atom is -0.341 e. The Labute approximate surface area is 171 Å². The third kappa shape index (κ3) is 5.18. The molecule has 0 fully saturated rings. The first-order valence-corrected chi connectivity index (χ1v) is 10.1. The predicted octanol–water partition coefficient (Wildman–Crippen LogP) is 4.71. The molecular weight excluding hydrogens is 358 g/mol. The first-order valence-electron chi connectivity index (χ1n) is 10.1. The number of benzene rings is 3. The largest absolute Gasteiger partial charge is 0.341 e. The van der Waals surface area contributed by atoms with E-state index in [1.807, 2.05) is 54.6 Å². The number of aromatic amines is 1. The molecule has 4 nitrogen and oxygen atoms in total. The minimum atomic E-state index is 0.198. The van der Waals surface area contributed by atoms with E-state index in [1.54, 1.807) is 0 Å². The lowest BCUT2D eigenvalue weighted by molar-refractivity contribution is 0.0983. The number of nitrogens with zero attached hydrogens (tertiary/aromatic N) is 1. The normalized spacial score (nSPS) is 11.0. The van der Waals surface area contributed by atoms with Crippen LogP contribution >= 0.6 is 0 Å². The van der Waals surface area contributed by atoms with Crippen molar-refractivity contribution in [1.82, 2.24) is 15.3 Å². The fourth-order valence-corrected chi connectivity index (χ4v) is 3.43. The van der Waals surface area contributed by atoms with E-state index >= 15 is 0 Å². The standard InChI is InChI=1S/C25H25N3O/c29-24(15-12-19-6-2-1-3-7-19)21-13-10-20(11-14-21)16-17-26-18-25-27-22-8-4-5-9-23(22)28-25/h1-11,13-14,26H,12,15-18H2,(H,27,28). The van der Waals surface area contributed by atoms with Crippen LogP contribution in [0.4, 0.5) is 0 Å². The molecule has 146 valence electrons. The van der Waals surface area contributed by atoms with Crippen molar-refractivity contribution in [2.24, 2.45) is 0 Å². The van der Waals surface area contributed by atoms with Gasteiger partial charge in [-0.2, -0.15) is 0 Å². The first kappa shape index (κ1) is 19.1. The number of aromatic nitrogens is 2. The van der Waals surface area contributed by atoms with Gasteiger partial charge in [0, 0.05) is 12.0 Å². The number of ketones is 1. The van der Waals surface area contributed by atoms with Gasteiger partial charge in [0.25, 0.3) is 0 Å². The van der Waals surface area contributed by atoms with Crippen LogP contribution in [0.15, 0.2) is 78.9 Å². The summed E-state index contributed by atoms with van der Waals surface area (Å²) >= 11 is 0. The summed E-state index contributed by atoms with van der Waals surface area (Å²) in [5.74, 6) is 1.15. The van der Waals surface area contributed by atoms with Gasteiger partial charge >= 0.3 is 0 Å². The number of imidazole rings is 1. The van der Waals surface area contributed by atoms with E-state index in [0.29, 0.717) is 13.0 Å². The fourth-order valence-electron chi connectivity index (χ4n) is 3.43. The van der Waals surface area contributed by atoms with E-state index in [2.05, 4.69) is 39.6 Å². The number of aryl methyl sites for hydroxylation is 1. The van der Waals surface area contributed by atoms with Crippen LogP contribution in [0.2, 0.25) is 0 Å². The summed E-state index contributed by atoms with van der Waals surface area (Å²) in [6.45, 7) is 1.57. The van der Waals surface area contributed by atoms with Crippen molar-refractivity contribution >= 4 is 16.8 Å². The molecule has 0 saturated carbocycles. The number of rotatable bonds is 9. The maximum atomic E-state index is 12.4. The second-order valence-corrected chi connectivity index (χ2v) is 7.23. The molecule has 0 aliphatic rings. The number of fused-ring (bicyclic) bond motifs is 1. The molecular formula is C25H25N3O. The summed E-state index contributed by atoms with van der Waals surface area (Å²) < 4.78 is 0. The molecule has 0 spiro atoms. The van der Waals surface area contributed by atoms with Crippen LogP contribution in [0, 0.1) is 0 Å². The number of H-pyrrole nitrogens is 1. The topological polar surface area (TPSA) is 57.8 Å². The summed E-state index contributed by atoms with van der Waals surface area (Å²) in [6.07, 6.45) is 2.24. The Morgan fingerprint density at radius 1 is 0.828 bits per heavy atom. The van der Waals surface area contributed by atoms with E-state index in [4.69, 9.17) is 0 Å². The van der Waals surface area contributed by atoms with Crippen LogP contribution in [0.3, 0.4) is 0 Å². The number of para-hydroxylation sites is 2. The van der Waals surface area contributed by atoms with Crippen LogP contribution in [0.5, 0.6) is 0 Å². The van der Waals surface area contributed by atoms with Gasteiger partial charge in [0.1, 0.15) is 5.82 Å². The monoisotopic (exact) mass is 383 g/mol. The van der Waals surface area contributed by atoms with Crippen molar-refractivity contribution in [2.75, 3.05) is 6.54 Å². The van der Waals surface area contributed by atoms with Gasteiger partial charge in [0.05, 0.1) is 17.6 Å². The van der Waals surface area contributed by atoms with Crippen LogP contribution in [-0.4, -0.2) is 22.3 Å². The molecule has 0 bridgehead atoms. The lowest BCUT2D eigenvalue weighted by atomic mass is 10.0. The average molecular weight is 383 g/mol. The number of nitrogens with one attached hydrogen (secondary N) is 2. The number of carbonyl (C=O) groups is 1. The van der Waals surface area contributed by atoms with Crippen molar-refractivity contribution in [3.05, 3.63) is 101 Å². The number of Topliss-reactive ketones (excluding diaryl/α,β-unsaturated/α-hetero) is 1. The van der Waals surface area contributed by atoms with E-state index in [0.717, 1.165) is 41.8 Å². The lowest BCUT2D eigenvalue weighted by Crippen LogP contribution is -2.17. The Kier molecular flexibility index (Phi) is 6.13. The van der Waals surface area contributed by atoms with Crippen molar-refractivity contribution in [3.8, 4) is 0 Å². The van der Waals surface area contributed by atoms with Crippen molar-refractivity contribution in [1.29, 1.82) is 0 Å². The lowest BCUT2D eigenvalue weighted by Gasteiger charge is -2.05. The van der Waals surface area contributed by atoms with E-state index < -0.39 is 0 Å². The number of hydrogen-bond acceptors (Lipinski definition) is 3. The smallest absolute Gasteiger partial charge is 0.163 e. The molecule has 2 N–H and O–H groups in total. The molecule has 4 aromatic rings. The van der Waals surface area contributed by atoms with E-state index in [-0.39, 0.29) is 5.78 Å². The maximum Gasteiger partial charge on any atom is 0.163 e. The number of carbonyl (C=O) groups excluding carboxylic acids is 1. The molecule has 0 amide bonds. The minimum absolute atomic E-state index is 0.198. The Balaban J connectivity index is 1.22. The van der Waals surface area contributed by atoms with E-state index in [1.165, 1.54) is 11.1 Å². The highest BCUT2D eigenvalue weighted by Crippen LogP contribution is 2.12. The van der Waals surface area contributed by atoms with E-state index in [9.17, 15) is 4.79 Å². The summed E-state index contributed by atoms with van der Waals surface area (Å²) in [5.41, 5.74) is 5.28. The Bertz CT molecular complexity index is 1040. The summed E-state index contributed by atoms with van der Waals surface area (Å²) in [4.78, 5) is 20.3. The molecule has 0 aliphatic carbocycles. The highest BCUT2D eigenvalue weighted by Gasteiger charge is 2.06. The van der Waals surface area contributed by atoms with Crippen LogP contribution in [0.25, 0.3) is 11.0 Å². The Morgan fingerprint density at radius 3 is 2.34 bits per heavy atom. The Hall–Kier alpha value is -3.24. The molecule has 1 heterocycles. The quantitative estimate of drug-likeness (QED) is 0.325. The van der Waals surface area contributed by atoms with Crippen molar-refractivity contribution in [3.63, 3.8) is 0 Å². The predicted molar refractivity (Wildman–Crippen MR) is 117 cm³/mol. The molecule has 4 heteroatoms. The van der Waals surface area contributed by atoms with Crippen LogP contribution < -0.4 is 5.32 Å². The molecule has 0 radical (unpaired) electrons. The van der Waals surface area contributed by atoms with Crippen molar-refractivity contribution in [2.45, 2.75) is 25.8 Å². The third-order valence-corrected chi connectivity index (χ3v) is 5.08. The molecule has 4 rings (SSSR count). The first-order chi connectivity index (χ1) is 14.3. The molecule has 0 atom stereocenters. The zero-order chi connectivity index (χ0) is 19.9. The zero-order valence-corrected chi connectivity index (χ0v) is 16.4. The molecule has 1 aromatic heterocycles. The second kappa shape index (κ2) is 9.30. The fraction of sp³-hybridized carbons (Fsp3) is 0.200. The van der Waals surface area contributed by atoms with Crippen LogP contribution in [-0.2, 0) is 19.4 Å². The molecule has 0 aliphatic heterocycles. The van der Waals surface area contributed by atoms with Gasteiger partial charge < -0.3 is 10.3 Å². The van der Waals surface area contributed by atoms with Gasteiger partial charge in [-0.15, -0.1) is 0 Å². The summed E-state index contributed by atoms with van der Waals surface area (Å²) in [5, 5.41) is 3.43. The Morgan fingerprint density at radius 2 is 1.55 bits per heavy atom.